The average Bonchev–Trinajstić information content (AvgIpc) is 3.20. The summed E-state index contributed by atoms with van der Waals surface area (Å²) < 4.78 is 0. The van der Waals surface area contributed by atoms with Crippen molar-refractivity contribution in [2.24, 2.45) is 17.3 Å². The number of hydrogen-bond donors (Lipinski definition) is 0. The molecule has 4 nitrogen and oxygen atoms in total. The second-order valence-corrected chi connectivity index (χ2v) is 12.8. The van der Waals surface area contributed by atoms with Crippen LogP contribution in [0.5, 0.6) is 0 Å². The normalized spacial score (nSPS) is 16.9. The van der Waals surface area contributed by atoms with Crippen molar-refractivity contribution in [2.75, 3.05) is 19.6 Å². The number of hydrogen-bond acceptors (Lipinski definition) is 3. The molecule has 3 rings (SSSR count). The number of thiophene rings is 1. The minimum absolute atomic E-state index is 0.00859. The van der Waals surface area contributed by atoms with Gasteiger partial charge in [0, 0.05) is 29.4 Å². The molecular formula is C28H39ClN2O2S. The number of rotatable bonds is 8. The van der Waals surface area contributed by atoms with Crippen LogP contribution in [-0.4, -0.2) is 41.2 Å². The van der Waals surface area contributed by atoms with Gasteiger partial charge in [0.25, 0.3) is 0 Å². The van der Waals surface area contributed by atoms with E-state index in [1.54, 1.807) is 16.2 Å². The Bertz CT molecular complexity index is 977. The number of nitrogens with zero attached hydrogens (tertiary/aromatic N) is 2. The molecule has 0 saturated carbocycles. The minimum Gasteiger partial charge on any atom is -0.333 e. The van der Waals surface area contributed by atoms with E-state index < -0.39 is 0 Å². The molecule has 1 aromatic heterocycles. The molecule has 1 aromatic carbocycles. The van der Waals surface area contributed by atoms with Gasteiger partial charge in [0.05, 0.1) is 12.6 Å². The molecule has 0 radical (unpaired) electrons. The fourth-order valence-electron chi connectivity index (χ4n) is 5.08. The predicted molar refractivity (Wildman–Crippen MR) is 142 cm³/mol. The third-order valence-corrected chi connectivity index (χ3v) is 7.47. The Morgan fingerprint density at radius 2 is 1.82 bits per heavy atom. The molecule has 2 atom stereocenters. The van der Waals surface area contributed by atoms with E-state index in [2.05, 4.69) is 53.0 Å². The summed E-state index contributed by atoms with van der Waals surface area (Å²) in [6.45, 7) is 14.3. The maximum absolute atomic E-state index is 13.7. The van der Waals surface area contributed by atoms with Gasteiger partial charge in [-0.25, -0.2) is 0 Å². The number of amides is 2. The Morgan fingerprint density at radius 1 is 1.15 bits per heavy atom. The van der Waals surface area contributed by atoms with Gasteiger partial charge in [0.1, 0.15) is 0 Å². The van der Waals surface area contributed by atoms with E-state index in [0.717, 1.165) is 18.4 Å². The standard InChI is InChI=1S/C28H39ClN2O2S/c1-19(2)17-30(25(32)15-20(3)16-28(4,5)6)18-26(33)31-13-11-24-23(12-14-34-24)27(31)21-7-9-22(29)10-8-21/h7-10,12,14,19-20,27H,11,13,15-18H2,1-6H3. The molecule has 0 N–H and O–H groups in total. The zero-order valence-electron chi connectivity index (χ0n) is 21.4. The molecule has 0 fully saturated rings. The molecule has 2 unspecified atom stereocenters. The molecule has 6 heteroatoms. The molecular weight excluding hydrogens is 464 g/mol. The van der Waals surface area contributed by atoms with Crippen LogP contribution in [0.2, 0.25) is 5.02 Å². The van der Waals surface area contributed by atoms with E-state index in [9.17, 15) is 9.59 Å². The molecule has 186 valence electrons. The first-order valence-electron chi connectivity index (χ1n) is 12.3. The SMILES string of the molecule is CC(C)CN(CC(=O)N1CCc2sccc2C1c1ccc(Cl)cc1)C(=O)CC(C)CC(C)(C)C. The molecule has 2 amide bonds. The summed E-state index contributed by atoms with van der Waals surface area (Å²) in [6.07, 6.45) is 2.31. The number of carbonyl (C=O) groups excluding carboxylic acids is 2. The number of carbonyl (C=O) groups is 2. The first-order chi connectivity index (χ1) is 15.9. The van der Waals surface area contributed by atoms with Crippen molar-refractivity contribution in [3.05, 3.63) is 56.7 Å². The largest absolute Gasteiger partial charge is 0.333 e. The second-order valence-electron chi connectivity index (χ2n) is 11.3. The van der Waals surface area contributed by atoms with Crippen molar-refractivity contribution in [3.8, 4) is 0 Å². The van der Waals surface area contributed by atoms with Crippen molar-refractivity contribution in [1.29, 1.82) is 0 Å². The van der Waals surface area contributed by atoms with E-state index in [-0.39, 0.29) is 35.7 Å². The fourth-order valence-corrected chi connectivity index (χ4v) is 6.11. The quantitative estimate of drug-likeness (QED) is 0.397. The van der Waals surface area contributed by atoms with Crippen LogP contribution in [0.1, 0.15) is 76.4 Å². The van der Waals surface area contributed by atoms with Crippen molar-refractivity contribution in [2.45, 2.75) is 66.8 Å². The van der Waals surface area contributed by atoms with Gasteiger partial charge < -0.3 is 9.80 Å². The molecule has 0 spiro atoms. The molecule has 2 aromatic rings. The third kappa shape index (κ3) is 7.08. The second kappa shape index (κ2) is 11.3. The zero-order chi connectivity index (χ0) is 25.0. The first kappa shape index (κ1) is 26.7. The summed E-state index contributed by atoms with van der Waals surface area (Å²) in [6, 6.07) is 9.76. The summed E-state index contributed by atoms with van der Waals surface area (Å²) >= 11 is 7.89. The molecule has 0 saturated heterocycles. The maximum Gasteiger partial charge on any atom is 0.242 e. The first-order valence-corrected chi connectivity index (χ1v) is 13.6. The van der Waals surface area contributed by atoms with E-state index >= 15 is 0 Å². The van der Waals surface area contributed by atoms with Gasteiger partial charge in [0.2, 0.25) is 11.8 Å². The maximum atomic E-state index is 13.7. The van der Waals surface area contributed by atoms with Crippen LogP contribution < -0.4 is 0 Å². The van der Waals surface area contributed by atoms with E-state index in [4.69, 9.17) is 11.6 Å². The lowest BCUT2D eigenvalue weighted by molar-refractivity contribution is -0.142. The highest BCUT2D eigenvalue weighted by molar-refractivity contribution is 7.10. The van der Waals surface area contributed by atoms with Gasteiger partial charge in [-0.15, -0.1) is 11.3 Å². The Labute approximate surface area is 214 Å². The van der Waals surface area contributed by atoms with Gasteiger partial charge in [-0.05, 0) is 64.8 Å². The summed E-state index contributed by atoms with van der Waals surface area (Å²) in [5.41, 5.74) is 2.42. The summed E-state index contributed by atoms with van der Waals surface area (Å²) in [4.78, 5) is 32.1. The van der Waals surface area contributed by atoms with Crippen molar-refractivity contribution < 1.29 is 9.59 Å². The number of halogens is 1. The van der Waals surface area contributed by atoms with Crippen molar-refractivity contribution in [3.63, 3.8) is 0 Å². The summed E-state index contributed by atoms with van der Waals surface area (Å²) in [5, 5.41) is 2.79. The van der Waals surface area contributed by atoms with Crippen LogP contribution in [0.3, 0.4) is 0 Å². The van der Waals surface area contributed by atoms with Crippen LogP contribution >= 0.6 is 22.9 Å². The van der Waals surface area contributed by atoms with Crippen molar-refractivity contribution in [1.82, 2.24) is 9.80 Å². The monoisotopic (exact) mass is 502 g/mol. The van der Waals surface area contributed by atoms with Crippen LogP contribution in [0, 0.1) is 17.3 Å². The van der Waals surface area contributed by atoms with Gasteiger partial charge >= 0.3 is 0 Å². The van der Waals surface area contributed by atoms with Gasteiger partial charge in [-0.2, -0.15) is 0 Å². The zero-order valence-corrected chi connectivity index (χ0v) is 23.0. The average molecular weight is 503 g/mol. The highest BCUT2D eigenvalue weighted by Crippen LogP contribution is 2.38. The van der Waals surface area contributed by atoms with E-state index in [1.807, 2.05) is 29.2 Å². The van der Waals surface area contributed by atoms with Crippen LogP contribution in [0.4, 0.5) is 0 Å². The number of benzene rings is 1. The molecule has 1 aliphatic rings. The Morgan fingerprint density at radius 3 is 2.44 bits per heavy atom. The molecule has 34 heavy (non-hydrogen) atoms. The Hall–Kier alpha value is -1.85. The Kier molecular flexibility index (Phi) is 8.86. The van der Waals surface area contributed by atoms with E-state index in [0.29, 0.717) is 30.5 Å². The molecule has 0 bridgehead atoms. The van der Waals surface area contributed by atoms with E-state index in [1.165, 1.54) is 10.4 Å². The van der Waals surface area contributed by atoms with Gasteiger partial charge in [-0.3, -0.25) is 9.59 Å². The molecule has 2 heterocycles. The lowest BCUT2D eigenvalue weighted by Gasteiger charge is -2.38. The van der Waals surface area contributed by atoms with Gasteiger partial charge in [-0.1, -0.05) is 65.3 Å². The van der Waals surface area contributed by atoms with Crippen LogP contribution in [0.25, 0.3) is 0 Å². The predicted octanol–water partition coefficient (Wildman–Crippen LogP) is 6.82. The lowest BCUT2D eigenvalue weighted by atomic mass is 9.84. The highest BCUT2D eigenvalue weighted by Gasteiger charge is 2.34. The number of fused-ring (bicyclic) bond motifs is 1. The van der Waals surface area contributed by atoms with Crippen LogP contribution in [-0.2, 0) is 16.0 Å². The van der Waals surface area contributed by atoms with Gasteiger partial charge in [0.15, 0.2) is 0 Å². The lowest BCUT2D eigenvalue weighted by Crippen LogP contribution is -2.47. The summed E-state index contributed by atoms with van der Waals surface area (Å²) in [5.74, 6) is 0.665. The van der Waals surface area contributed by atoms with Crippen molar-refractivity contribution >= 4 is 34.8 Å². The molecule has 1 aliphatic heterocycles. The topological polar surface area (TPSA) is 40.6 Å². The smallest absolute Gasteiger partial charge is 0.242 e. The Balaban J connectivity index is 1.80. The minimum atomic E-state index is -0.143. The highest BCUT2D eigenvalue weighted by atomic mass is 35.5. The summed E-state index contributed by atoms with van der Waals surface area (Å²) in [7, 11) is 0. The molecule has 0 aliphatic carbocycles. The van der Waals surface area contributed by atoms with Crippen LogP contribution in [0.15, 0.2) is 35.7 Å². The third-order valence-electron chi connectivity index (χ3n) is 6.22. The fraction of sp³-hybridized carbons (Fsp3) is 0.571.